The number of hydrogen-bond acceptors (Lipinski definition) is 11. The van der Waals surface area contributed by atoms with E-state index in [0.29, 0.717) is 44.1 Å². The van der Waals surface area contributed by atoms with Crippen LogP contribution in [0.3, 0.4) is 0 Å². The predicted octanol–water partition coefficient (Wildman–Crippen LogP) is 5.90. The molecule has 1 spiro atoms. The van der Waals surface area contributed by atoms with Gasteiger partial charge in [-0.1, -0.05) is 132 Å². The van der Waals surface area contributed by atoms with Crippen molar-refractivity contribution in [1.82, 2.24) is 55.6 Å². The van der Waals surface area contributed by atoms with Crippen LogP contribution in [0.15, 0.2) is 48.5 Å². The molecule has 2 aliphatic heterocycles. The number of amides is 11. The van der Waals surface area contributed by atoms with Gasteiger partial charge in [-0.05, 0) is 98.8 Å². The minimum absolute atomic E-state index is 0.0357. The van der Waals surface area contributed by atoms with Crippen molar-refractivity contribution >= 4 is 76.6 Å². The molecule has 5 fully saturated rings. The molecule has 3 saturated carbocycles. The average Bonchev–Trinajstić information content (AvgIpc) is 1.74. The number of carbonyl (C=O) groups excluding carboxylic acids is 11. The monoisotopic (exact) mass is 1350 g/mol. The Labute approximate surface area is 561 Å². The molecule has 0 radical (unpaired) electrons. The van der Waals surface area contributed by atoms with E-state index in [9.17, 15) is 46.7 Å². The number of rotatable bonds is 10. The van der Waals surface area contributed by atoms with Crippen LogP contribution < -0.4 is 21.3 Å². The molecule has 5 aliphatic rings. The molecule has 2 aromatic carbocycles. The Morgan fingerprint density at radius 2 is 1.25 bits per heavy atom. The van der Waals surface area contributed by atoms with Gasteiger partial charge in [0.25, 0.3) is 0 Å². The molecule has 7 atom stereocenters. The van der Waals surface area contributed by atoms with E-state index in [1.165, 1.54) is 60.9 Å². The number of benzene rings is 2. The van der Waals surface area contributed by atoms with Gasteiger partial charge in [-0.3, -0.25) is 52.7 Å². The van der Waals surface area contributed by atoms with Gasteiger partial charge in [0, 0.05) is 68.2 Å². The largest absolute Gasteiger partial charge is 0.417 e. The molecular weight excluding hydrogens is 1250 g/mol. The van der Waals surface area contributed by atoms with Crippen LogP contribution in [0, 0.1) is 17.8 Å². The van der Waals surface area contributed by atoms with E-state index < -0.39 is 149 Å². The Bertz CT molecular complexity index is 3070. The summed E-state index contributed by atoms with van der Waals surface area (Å²) in [4.78, 5) is 170. The van der Waals surface area contributed by atoms with E-state index in [-0.39, 0.29) is 76.3 Å². The van der Waals surface area contributed by atoms with Crippen molar-refractivity contribution in [3.63, 3.8) is 0 Å². The highest BCUT2D eigenvalue weighted by Gasteiger charge is 2.51. The van der Waals surface area contributed by atoms with Crippen LogP contribution in [0.4, 0.5) is 13.2 Å². The van der Waals surface area contributed by atoms with Crippen molar-refractivity contribution in [2.75, 3.05) is 75.0 Å². The number of fused-ring (bicyclic) bond motifs is 1. The van der Waals surface area contributed by atoms with Gasteiger partial charge in [0.1, 0.15) is 41.8 Å². The Morgan fingerprint density at radius 1 is 0.621 bits per heavy atom. The van der Waals surface area contributed by atoms with Crippen molar-refractivity contribution in [2.24, 2.45) is 17.8 Å². The molecular formula is C69H99ClF3N11O11. The third-order valence-electron chi connectivity index (χ3n) is 20.4. The van der Waals surface area contributed by atoms with Crippen LogP contribution in [0.5, 0.6) is 0 Å². The highest BCUT2D eigenvalue weighted by molar-refractivity contribution is 6.31. The number of hydrogen-bond donors (Lipinski definition) is 4. The summed E-state index contributed by atoms with van der Waals surface area (Å²) < 4.78 is 41.5. The molecule has 4 N–H and O–H groups in total. The number of halogens is 4. The van der Waals surface area contributed by atoms with E-state index in [2.05, 4.69) is 21.3 Å². The van der Waals surface area contributed by atoms with Gasteiger partial charge >= 0.3 is 6.18 Å². The fourth-order valence-electron chi connectivity index (χ4n) is 14.4. The number of carbonyl (C=O) groups is 11. The zero-order valence-electron chi connectivity index (χ0n) is 56.5. The first-order valence-electron chi connectivity index (χ1n) is 34.0. The van der Waals surface area contributed by atoms with Gasteiger partial charge in [-0.15, -0.1) is 0 Å². The van der Waals surface area contributed by atoms with Crippen LogP contribution >= 0.6 is 11.6 Å². The summed E-state index contributed by atoms with van der Waals surface area (Å²) in [7, 11) is 8.68. The number of likely N-dealkylation sites (N-methyl/N-ethyl adjacent to an activating group) is 6. The molecule has 0 unspecified atom stereocenters. The summed E-state index contributed by atoms with van der Waals surface area (Å²) >= 11 is 6.15. The molecule has 11 amide bonds. The van der Waals surface area contributed by atoms with Crippen LogP contribution in [0.25, 0.3) is 0 Å². The number of nitrogens with zero attached hydrogens (tertiary/aromatic N) is 7. The topological polar surface area (TPSA) is 259 Å². The third kappa shape index (κ3) is 19.5. The van der Waals surface area contributed by atoms with E-state index in [1.54, 1.807) is 14.0 Å². The average molecular weight is 1350 g/mol. The summed E-state index contributed by atoms with van der Waals surface area (Å²) in [6.07, 6.45) is 5.61. The maximum absolute atomic E-state index is 15.6. The zero-order chi connectivity index (χ0) is 69.5. The van der Waals surface area contributed by atoms with Crippen molar-refractivity contribution in [2.45, 2.75) is 203 Å². The summed E-state index contributed by atoms with van der Waals surface area (Å²) in [5.74, 6) is -7.43. The fraction of sp³-hybridized carbons (Fsp3) is 0.667. The normalized spacial score (nSPS) is 25.8. The Balaban J connectivity index is 1.24. The van der Waals surface area contributed by atoms with Crippen molar-refractivity contribution in [1.29, 1.82) is 0 Å². The Morgan fingerprint density at radius 3 is 1.88 bits per heavy atom. The van der Waals surface area contributed by atoms with Crippen molar-refractivity contribution in [3.8, 4) is 0 Å². The second-order valence-electron chi connectivity index (χ2n) is 27.2. The first kappa shape index (κ1) is 75.1. The number of alkyl halides is 3. The van der Waals surface area contributed by atoms with Gasteiger partial charge in [-0.2, -0.15) is 13.2 Å². The molecule has 95 heavy (non-hydrogen) atoms. The predicted molar refractivity (Wildman–Crippen MR) is 350 cm³/mol. The molecule has 524 valence electrons. The van der Waals surface area contributed by atoms with E-state index in [4.69, 9.17) is 11.6 Å². The van der Waals surface area contributed by atoms with Gasteiger partial charge in [0.15, 0.2) is 0 Å². The Kier molecular flexibility index (Phi) is 26.9. The van der Waals surface area contributed by atoms with E-state index in [1.807, 2.05) is 37.3 Å². The molecule has 2 heterocycles. The quantitative estimate of drug-likeness (QED) is 0.218. The minimum Gasteiger partial charge on any atom is -0.354 e. The lowest BCUT2D eigenvalue weighted by Crippen LogP contribution is -2.65. The van der Waals surface area contributed by atoms with E-state index >= 15 is 19.2 Å². The SMILES string of the molecule is CC[C@H](C)[C@@H]1NC(=O)CCNC(=O)[C@H](Cc2ccccc2)N(C)C(=O)[C@H](C2CCCCC2)N(C)C(=O)C2(CCCC2)NC(=O)[C@@H]2CCCN2C(=O)[C@H](CCc2ccc(C(F)(F)F)c(Cl)c2)NC(=O)CN(C)C(=O)[C@H](CC2CCCCC2)N(C)C(=O)CN(C)C(=O)CN(C)C1=O. The molecule has 0 aromatic heterocycles. The lowest BCUT2D eigenvalue weighted by molar-refractivity contribution is -0.154. The maximum atomic E-state index is 15.6. The lowest BCUT2D eigenvalue weighted by atomic mass is 9.81. The van der Waals surface area contributed by atoms with Crippen molar-refractivity contribution in [3.05, 3.63) is 70.2 Å². The highest BCUT2D eigenvalue weighted by atomic mass is 35.5. The second kappa shape index (κ2) is 34.1. The van der Waals surface area contributed by atoms with Crippen molar-refractivity contribution < 1.29 is 65.9 Å². The molecule has 3 aliphatic carbocycles. The molecule has 7 rings (SSSR count). The van der Waals surface area contributed by atoms with Gasteiger partial charge in [-0.25, -0.2) is 0 Å². The highest BCUT2D eigenvalue weighted by Crippen LogP contribution is 2.38. The molecule has 0 bridgehead atoms. The van der Waals surface area contributed by atoms with Gasteiger partial charge in [0.05, 0.1) is 30.2 Å². The van der Waals surface area contributed by atoms with Crippen LogP contribution in [0.1, 0.15) is 159 Å². The number of aryl methyl sites for hydroxylation is 1. The zero-order valence-corrected chi connectivity index (χ0v) is 57.3. The Hall–Kier alpha value is -7.31. The maximum Gasteiger partial charge on any atom is 0.417 e. The smallest absolute Gasteiger partial charge is 0.354 e. The first-order valence-corrected chi connectivity index (χ1v) is 34.3. The standard InChI is InChI=1S/C69H99ClF3N11O11/c1-9-44(2)59-65(93)80(5)42-57(87)78(3)43-58(88)81(6)54(40-46-24-15-11-16-25-46)64(92)79(4)41-56(86)75-51(32-30-47-29-31-49(50(70)38-47)69(71,72)73)63(91)84-37-21-28-52(84)62(90)77-68(34-19-20-35-68)67(95)83(8)60(48-26-17-12-18-27-48)66(94)82(7)53(39-45-22-13-10-14-23-45)61(89)74-36-33-55(85)76-59/h10,13-14,22-23,29,31,38,44,46,48,51-54,59-60H,9,11-12,15-21,24-28,30,32-37,39-43H2,1-8H3,(H,74,89)(H,75,86)(H,76,85)(H,77,90)/t44-,51-,52-,53-,54-,59-,60-/m0/s1. The summed E-state index contributed by atoms with van der Waals surface area (Å²) in [5, 5.41) is 10.9. The first-order chi connectivity index (χ1) is 45.0. The fourth-order valence-corrected chi connectivity index (χ4v) is 14.7. The molecule has 26 heteroatoms. The molecule has 2 saturated heterocycles. The summed E-state index contributed by atoms with van der Waals surface area (Å²) in [6, 6.07) is 5.29. The number of nitrogens with one attached hydrogen (secondary N) is 4. The van der Waals surface area contributed by atoms with Crippen LogP contribution in [0.2, 0.25) is 5.02 Å². The van der Waals surface area contributed by atoms with E-state index in [0.717, 1.165) is 83.8 Å². The van der Waals surface area contributed by atoms with Crippen LogP contribution in [-0.2, 0) is 71.8 Å². The summed E-state index contributed by atoms with van der Waals surface area (Å²) in [5.41, 5.74) is -1.54. The molecule has 2 aromatic rings. The van der Waals surface area contributed by atoms with Gasteiger partial charge < -0.3 is 55.6 Å². The summed E-state index contributed by atoms with van der Waals surface area (Å²) in [6.45, 7) is 1.89. The lowest BCUT2D eigenvalue weighted by Gasteiger charge is -2.43. The van der Waals surface area contributed by atoms with Crippen LogP contribution in [-0.4, -0.2) is 216 Å². The second-order valence-corrected chi connectivity index (χ2v) is 27.6. The minimum atomic E-state index is -4.75. The van der Waals surface area contributed by atoms with Gasteiger partial charge in [0.2, 0.25) is 65.0 Å². The molecule has 22 nitrogen and oxygen atoms in total. The third-order valence-corrected chi connectivity index (χ3v) is 20.7.